The predicted molar refractivity (Wildman–Crippen MR) is 48.6 cm³/mol. The van der Waals surface area contributed by atoms with E-state index in [1.54, 1.807) is 0 Å². The van der Waals surface area contributed by atoms with E-state index in [2.05, 4.69) is 0 Å². The molecule has 7 nitrogen and oxygen atoms in total. The highest BCUT2D eigenvalue weighted by molar-refractivity contribution is 5.88. The van der Waals surface area contributed by atoms with Crippen LogP contribution in [-0.2, 0) is 0 Å². The molecule has 0 spiro atoms. The van der Waals surface area contributed by atoms with Crippen LogP contribution in [0.25, 0.3) is 11.0 Å². The summed E-state index contributed by atoms with van der Waals surface area (Å²) in [5.74, 6) is -0.634. The third-order valence-electron chi connectivity index (χ3n) is 2.03. The van der Waals surface area contributed by atoms with Crippen LogP contribution in [0.5, 0.6) is 5.75 Å². The fourth-order valence-corrected chi connectivity index (χ4v) is 1.29. The SMILES string of the molecule is Nc1c(O)ccc2c1[n+]([O-])c(N)n2O. The van der Waals surface area contributed by atoms with Crippen molar-refractivity contribution in [2.75, 3.05) is 11.5 Å². The molecule has 0 aliphatic rings. The van der Waals surface area contributed by atoms with Gasteiger partial charge in [0.05, 0.1) is 0 Å². The van der Waals surface area contributed by atoms with Gasteiger partial charge in [-0.25, -0.2) is 4.73 Å². The number of benzene rings is 1. The molecule has 0 atom stereocenters. The number of hydrogen-bond donors (Lipinski definition) is 4. The van der Waals surface area contributed by atoms with Gasteiger partial charge in [0.2, 0.25) is 0 Å². The third-order valence-corrected chi connectivity index (χ3v) is 2.03. The van der Waals surface area contributed by atoms with Crippen molar-refractivity contribution in [1.82, 2.24) is 4.73 Å². The maximum atomic E-state index is 11.3. The Hall–Kier alpha value is -2.31. The van der Waals surface area contributed by atoms with Gasteiger partial charge in [-0.3, -0.25) is 5.73 Å². The smallest absolute Gasteiger partial charge is 0.393 e. The zero-order valence-corrected chi connectivity index (χ0v) is 7.01. The van der Waals surface area contributed by atoms with Gasteiger partial charge in [0, 0.05) is 0 Å². The van der Waals surface area contributed by atoms with Crippen LogP contribution in [0.3, 0.4) is 0 Å². The summed E-state index contributed by atoms with van der Waals surface area (Å²) in [6.07, 6.45) is 0. The van der Waals surface area contributed by atoms with Gasteiger partial charge in [-0.2, -0.15) is 0 Å². The first-order chi connectivity index (χ1) is 6.54. The first-order valence-electron chi connectivity index (χ1n) is 3.74. The normalized spacial score (nSPS) is 10.9. The molecule has 0 aliphatic carbocycles. The number of phenols is 1. The summed E-state index contributed by atoms with van der Waals surface area (Å²) >= 11 is 0. The van der Waals surface area contributed by atoms with E-state index in [9.17, 15) is 15.5 Å². The number of nitrogens with two attached hydrogens (primary N) is 2. The molecule has 6 N–H and O–H groups in total. The summed E-state index contributed by atoms with van der Waals surface area (Å²) in [5.41, 5.74) is 10.7. The van der Waals surface area contributed by atoms with E-state index in [0.29, 0.717) is 4.73 Å². The number of aromatic nitrogens is 2. The lowest BCUT2D eigenvalue weighted by Gasteiger charge is -2.03. The number of anilines is 2. The Morgan fingerprint density at radius 3 is 2.64 bits per heavy atom. The number of fused-ring (bicyclic) bond motifs is 1. The van der Waals surface area contributed by atoms with E-state index >= 15 is 0 Å². The van der Waals surface area contributed by atoms with E-state index in [0.717, 1.165) is 0 Å². The van der Waals surface area contributed by atoms with E-state index in [1.807, 2.05) is 0 Å². The molecule has 1 aromatic heterocycles. The Morgan fingerprint density at radius 1 is 1.36 bits per heavy atom. The van der Waals surface area contributed by atoms with Crippen LogP contribution < -0.4 is 16.2 Å². The van der Waals surface area contributed by atoms with Gasteiger partial charge in [-0.15, -0.1) is 0 Å². The molecule has 0 radical (unpaired) electrons. The first kappa shape index (κ1) is 8.30. The van der Waals surface area contributed by atoms with Crippen LogP contribution >= 0.6 is 0 Å². The largest absolute Gasteiger partial charge is 0.740 e. The highest BCUT2D eigenvalue weighted by atomic mass is 16.5. The monoisotopic (exact) mass is 196 g/mol. The van der Waals surface area contributed by atoms with Gasteiger partial charge >= 0.3 is 5.95 Å². The van der Waals surface area contributed by atoms with Crippen molar-refractivity contribution in [2.24, 2.45) is 0 Å². The molecule has 0 bridgehead atoms. The average molecular weight is 196 g/mol. The number of imidazole rings is 1. The molecular weight excluding hydrogens is 188 g/mol. The van der Waals surface area contributed by atoms with Crippen LogP contribution in [0.4, 0.5) is 11.6 Å². The fraction of sp³-hybridized carbons (Fsp3) is 0. The molecular formula is C7H8N4O3. The summed E-state index contributed by atoms with van der Waals surface area (Å²) in [6, 6.07) is 2.61. The Labute approximate surface area is 77.9 Å². The highest BCUT2D eigenvalue weighted by Crippen LogP contribution is 2.28. The van der Waals surface area contributed by atoms with Crippen molar-refractivity contribution in [3.05, 3.63) is 17.3 Å². The van der Waals surface area contributed by atoms with Gasteiger partial charge in [0.25, 0.3) is 0 Å². The van der Waals surface area contributed by atoms with Gasteiger partial charge in [0.1, 0.15) is 11.4 Å². The Balaban J connectivity index is 3.03. The van der Waals surface area contributed by atoms with Crippen molar-refractivity contribution in [3.63, 3.8) is 0 Å². The number of aromatic hydroxyl groups is 1. The van der Waals surface area contributed by atoms with E-state index in [1.165, 1.54) is 12.1 Å². The molecule has 2 rings (SSSR count). The fourth-order valence-electron chi connectivity index (χ4n) is 1.29. The first-order valence-corrected chi connectivity index (χ1v) is 3.74. The molecule has 14 heavy (non-hydrogen) atoms. The van der Waals surface area contributed by atoms with Gasteiger partial charge in [0.15, 0.2) is 11.0 Å². The lowest BCUT2D eigenvalue weighted by Crippen LogP contribution is -2.30. The van der Waals surface area contributed by atoms with E-state index < -0.39 is 5.95 Å². The second kappa shape index (κ2) is 2.34. The van der Waals surface area contributed by atoms with Crippen molar-refractivity contribution in [3.8, 4) is 5.75 Å². The predicted octanol–water partition coefficient (Wildman–Crippen LogP) is -0.618. The zero-order chi connectivity index (χ0) is 10.5. The molecule has 1 aromatic carbocycles. The Bertz CT molecular complexity index is 519. The van der Waals surface area contributed by atoms with Crippen molar-refractivity contribution in [1.29, 1.82) is 0 Å². The summed E-state index contributed by atoms with van der Waals surface area (Å²) in [4.78, 5) is 0. The molecule has 0 amide bonds. The molecule has 1 heterocycles. The highest BCUT2D eigenvalue weighted by Gasteiger charge is 2.20. The van der Waals surface area contributed by atoms with Crippen LogP contribution in [-0.4, -0.2) is 15.0 Å². The summed E-state index contributed by atoms with van der Waals surface area (Å²) in [7, 11) is 0. The number of hydrogen-bond acceptors (Lipinski definition) is 5. The molecule has 0 fully saturated rings. The maximum Gasteiger partial charge on any atom is 0.393 e. The minimum Gasteiger partial charge on any atom is -0.740 e. The molecule has 0 saturated heterocycles. The lowest BCUT2D eigenvalue weighted by molar-refractivity contribution is -0.562. The number of phenolic OH excluding ortho intramolecular Hbond substituents is 1. The molecule has 0 saturated carbocycles. The number of nitrogens with zero attached hydrogens (tertiary/aromatic N) is 2. The number of nitrogen functional groups attached to an aromatic ring is 2. The summed E-state index contributed by atoms with van der Waals surface area (Å²) in [6.45, 7) is 0. The van der Waals surface area contributed by atoms with E-state index in [-0.39, 0.29) is 27.2 Å². The van der Waals surface area contributed by atoms with Crippen LogP contribution in [0, 0.1) is 5.21 Å². The minimum atomic E-state index is -0.405. The number of rotatable bonds is 0. The van der Waals surface area contributed by atoms with Crippen molar-refractivity contribution in [2.45, 2.75) is 0 Å². The van der Waals surface area contributed by atoms with Gasteiger partial charge in [-0.05, 0) is 12.1 Å². The van der Waals surface area contributed by atoms with Crippen molar-refractivity contribution >= 4 is 22.7 Å². The average Bonchev–Trinajstić information content (AvgIpc) is 2.38. The zero-order valence-electron chi connectivity index (χ0n) is 7.01. The molecule has 2 aromatic rings. The Morgan fingerprint density at radius 2 is 2.00 bits per heavy atom. The van der Waals surface area contributed by atoms with Gasteiger partial charge in [-0.1, -0.05) is 4.73 Å². The van der Waals surface area contributed by atoms with Crippen LogP contribution in [0.1, 0.15) is 0 Å². The standard InChI is InChI=1S/C7H8N4O3/c8-5-4(12)2-1-3-6(5)11(14)7(9)10(3)13/h1-2,12-13H,8-9H2. The lowest BCUT2D eigenvalue weighted by atomic mass is 10.2. The molecule has 0 unspecified atom stereocenters. The molecule has 7 heteroatoms. The minimum absolute atomic E-state index is 0.0509. The van der Waals surface area contributed by atoms with Crippen LogP contribution in [0.15, 0.2) is 12.1 Å². The maximum absolute atomic E-state index is 11.3. The molecule has 0 aliphatic heterocycles. The quantitative estimate of drug-likeness (QED) is 0.147. The second-order valence-electron chi connectivity index (χ2n) is 2.83. The molecule has 74 valence electrons. The third kappa shape index (κ3) is 0.777. The second-order valence-corrected chi connectivity index (χ2v) is 2.83. The van der Waals surface area contributed by atoms with E-state index in [4.69, 9.17) is 11.5 Å². The van der Waals surface area contributed by atoms with Gasteiger partial charge < -0.3 is 21.3 Å². The van der Waals surface area contributed by atoms with Crippen molar-refractivity contribution < 1.29 is 15.0 Å². The topological polar surface area (TPSA) is 124 Å². The Kier molecular flexibility index (Phi) is 1.39. The van der Waals surface area contributed by atoms with Crippen LogP contribution in [0.2, 0.25) is 0 Å². The summed E-state index contributed by atoms with van der Waals surface area (Å²) < 4.78 is 0.766. The summed E-state index contributed by atoms with van der Waals surface area (Å²) in [5, 5.41) is 29.9.